The van der Waals surface area contributed by atoms with Crippen molar-refractivity contribution in [3.05, 3.63) is 108 Å². The van der Waals surface area contributed by atoms with Crippen molar-refractivity contribution in [2.24, 2.45) is 4.99 Å². The van der Waals surface area contributed by atoms with E-state index >= 15 is 0 Å². The van der Waals surface area contributed by atoms with Crippen LogP contribution in [0.5, 0.6) is 5.75 Å². The highest BCUT2D eigenvalue weighted by atomic mass is 127. The lowest BCUT2D eigenvalue weighted by Crippen LogP contribution is -2.19. The van der Waals surface area contributed by atoms with E-state index in [9.17, 15) is 9.18 Å². The second-order valence-electron chi connectivity index (χ2n) is 7.74. The van der Waals surface area contributed by atoms with Gasteiger partial charge in [-0.25, -0.2) is 9.38 Å². The Kier molecular flexibility index (Phi) is 7.40. The summed E-state index contributed by atoms with van der Waals surface area (Å²) in [7, 11) is 0. The van der Waals surface area contributed by atoms with E-state index in [1.807, 2.05) is 30.3 Å². The molecule has 0 unspecified atom stereocenters. The number of benzene rings is 4. The summed E-state index contributed by atoms with van der Waals surface area (Å²) >= 11 is 5.78. The SMILES string of the molecule is O=C1NC(=Nc2ccc(F)cc2)S/C1=C/c1cc(I)c(OCc2ccc3ccccc3c2)c(I)c1. The summed E-state index contributed by atoms with van der Waals surface area (Å²) in [6.07, 6.45) is 1.84. The summed E-state index contributed by atoms with van der Waals surface area (Å²) in [6, 6.07) is 24.4. The summed E-state index contributed by atoms with van der Waals surface area (Å²) < 4.78 is 21.2. The number of ether oxygens (including phenoxy) is 1. The third-order valence-electron chi connectivity index (χ3n) is 5.22. The van der Waals surface area contributed by atoms with Crippen LogP contribution < -0.4 is 10.1 Å². The van der Waals surface area contributed by atoms with Gasteiger partial charge in [0.15, 0.2) is 5.17 Å². The lowest BCUT2D eigenvalue weighted by Gasteiger charge is -2.12. The van der Waals surface area contributed by atoms with Crippen molar-refractivity contribution in [2.75, 3.05) is 0 Å². The van der Waals surface area contributed by atoms with Crippen LogP contribution in [0, 0.1) is 13.0 Å². The van der Waals surface area contributed by atoms with E-state index in [1.54, 1.807) is 12.1 Å². The second-order valence-corrected chi connectivity index (χ2v) is 11.1. The van der Waals surface area contributed by atoms with Gasteiger partial charge in [-0.15, -0.1) is 0 Å². The van der Waals surface area contributed by atoms with Crippen molar-refractivity contribution in [2.45, 2.75) is 6.61 Å². The van der Waals surface area contributed by atoms with Gasteiger partial charge in [0.25, 0.3) is 5.91 Å². The minimum Gasteiger partial charge on any atom is -0.487 e. The van der Waals surface area contributed by atoms with Crippen molar-refractivity contribution in [1.29, 1.82) is 0 Å². The fourth-order valence-corrected chi connectivity index (χ4v) is 6.52. The molecular weight excluding hydrogens is 689 g/mol. The largest absolute Gasteiger partial charge is 0.487 e. The average Bonchev–Trinajstić information content (AvgIpc) is 3.18. The standard InChI is InChI=1S/C27H17FI2N2O2S/c28-20-7-9-21(10-8-20)31-27-32-26(33)24(35-27)14-17-12-22(29)25(23(30)13-17)34-15-16-5-6-18-3-1-2-4-19(18)11-16/h1-14H,15H2,(H,31,32,33)/b24-14+. The smallest absolute Gasteiger partial charge is 0.264 e. The molecule has 0 aromatic heterocycles. The summed E-state index contributed by atoms with van der Waals surface area (Å²) in [5, 5.41) is 5.62. The molecule has 174 valence electrons. The first-order chi connectivity index (χ1) is 16.9. The fraction of sp³-hybridized carbons (Fsp3) is 0.0370. The third kappa shape index (κ3) is 5.87. The lowest BCUT2D eigenvalue weighted by atomic mass is 10.1. The van der Waals surface area contributed by atoms with Crippen LogP contribution in [0.2, 0.25) is 0 Å². The van der Waals surface area contributed by atoms with Crippen LogP contribution in [-0.2, 0) is 11.4 Å². The highest BCUT2D eigenvalue weighted by Gasteiger charge is 2.24. The first-order valence-electron chi connectivity index (χ1n) is 10.6. The van der Waals surface area contributed by atoms with Gasteiger partial charge in [-0.1, -0.05) is 36.4 Å². The Morgan fingerprint density at radius 2 is 1.66 bits per heavy atom. The van der Waals surface area contributed by atoms with Gasteiger partial charge >= 0.3 is 0 Å². The zero-order valence-corrected chi connectivity index (χ0v) is 23.2. The minimum atomic E-state index is -0.327. The Bertz CT molecular complexity index is 1480. The van der Waals surface area contributed by atoms with Crippen molar-refractivity contribution >= 4 is 90.6 Å². The predicted molar refractivity (Wildman–Crippen MR) is 157 cm³/mol. The zero-order chi connectivity index (χ0) is 24.4. The van der Waals surface area contributed by atoms with E-state index in [0.29, 0.717) is 22.4 Å². The maximum absolute atomic E-state index is 13.1. The van der Waals surface area contributed by atoms with Crippen molar-refractivity contribution < 1.29 is 13.9 Å². The van der Waals surface area contributed by atoms with Crippen molar-refractivity contribution in [3.8, 4) is 5.75 Å². The Morgan fingerprint density at radius 1 is 0.943 bits per heavy atom. The molecule has 0 bridgehead atoms. The Morgan fingerprint density at radius 3 is 2.40 bits per heavy atom. The number of carbonyl (C=O) groups is 1. The molecule has 1 fully saturated rings. The monoisotopic (exact) mass is 706 g/mol. The average molecular weight is 706 g/mol. The molecule has 1 saturated heterocycles. The van der Waals surface area contributed by atoms with Crippen molar-refractivity contribution in [1.82, 2.24) is 5.32 Å². The summed E-state index contributed by atoms with van der Waals surface area (Å²) in [6.45, 7) is 0.471. The predicted octanol–water partition coefficient (Wildman–Crippen LogP) is 7.66. The number of fused-ring (bicyclic) bond motifs is 1. The van der Waals surface area contributed by atoms with Crippen LogP contribution in [0.1, 0.15) is 11.1 Å². The highest BCUT2D eigenvalue weighted by molar-refractivity contribution is 14.1. The number of carbonyl (C=O) groups excluding carboxylic acids is 1. The van der Waals surface area contributed by atoms with Gasteiger partial charge in [0.1, 0.15) is 18.2 Å². The molecule has 1 N–H and O–H groups in total. The molecule has 0 radical (unpaired) electrons. The van der Waals surface area contributed by atoms with Gasteiger partial charge in [0.05, 0.1) is 17.7 Å². The van der Waals surface area contributed by atoms with Crippen LogP contribution in [0.15, 0.2) is 88.8 Å². The molecule has 8 heteroatoms. The van der Waals surface area contributed by atoms with Crippen LogP contribution in [0.25, 0.3) is 16.8 Å². The quantitative estimate of drug-likeness (QED) is 0.171. The molecule has 1 aliphatic rings. The molecule has 1 amide bonds. The van der Waals surface area contributed by atoms with E-state index in [2.05, 4.69) is 85.8 Å². The summed E-state index contributed by atoms with van der Waals surface area (Å²) in [5.74, 6) is 0.285. The molecule has 35 heavy (non-hydrogen) atoms. The Balaban J connectivity index is 1.31. The molecule has 1 heterocycles. The molecule has 4 aromatic rings. The molecule has 4 nitrogen and oxygen atoms in total. The Hall–Kier alpha value is -2.44. The number of amidine groups is 1. The van der Waals surface area contributed by atoms with Crippen LogP contribution >= 0.6 is 56.9 Å². The molecule has 5 rings (SSSR count). The lowest BCUT2D eigenvalue weighted by molar-refractivity contribution is -0.115. The number of hydrogen-bond acceptors (Lipinski definition) is 4. The minimum absolute atomic E-state index is 0.211. The van der Waals surface area contributed by atoms with Gasteiger partial charge in [-0.3, -0.25) is 4.79 Å². The maximum atomic E-state index is 13.1. The van der Waals surface area contributed by atoms with E-state index in [4.69, 9.17) is 4.74 Å². The third-order valence-corrected chi connectivity index (χ3v) is 7.74. The first-order valence-corrected chi connectivity index (χ1v) is 13.6. The molecule has 0 spiro atoms. The van der Waals surface area contributed by atoms with E-state index in [1.165, 1.54) is 34.7 Å². The molecule has 1 aliphatic heterocycles. The molecule has 0 aliphatic carbocycles. The first kappa shape index (κ1) is 24.3. The van der Waals surface area contributed by atoms with Gasteiger partial charge in [-0.05, 0) is 127 Å². The number of thioether (sulfide) groups is 1. The van der Waals surface area contributed by atoms with Crippen LogP contribution in [-0.4, -0.2) is 11.1 Å². The zero-order valence-electron chi connectivity index (χ0n) is 18.1. The normalized spacial score (nSPS) is 15.7. The molecule has 0 atom stereocenters. The highest BCUT2D eigenvalue weighted by Crippen LogP contribution is 2.33. The molecular formula is C27H17FI2N2O2S. The van der Waals surface area contributed by atoms with E-state index in [0.717, 1.165) is 24.0 Å². The number of nitrogens with one attached hydrogen (secondary N) is 1. The number of aliphatic imine (C=N–C) groups is 1. The van der Waals surface area contributed by atoms with Gasteiger partial charge in [-0.2, -0.15) is 0 Å². The van der Waals surface area contributed by atoms with Crippen molar-refractivity contribution in [3.63, 3.8) is 0 Å². The van der Waals surface area contributed by atoms with Crippen LogP contribution in [0.4, 0.5) is 10.1 Å². The summed E-state index contributed by atoms with van der Waals surface area (Å²) in [5.41, 5.74) is 2.58. The van der Waals surface area contributed by atoms with Gasteiger partial charge in [0.2, 0.25) is 0 Å². The fourth-order valence-electron chi connectivity index (χ4n) is 3.55. The summed E-state index contributed by atoms with van der Waals surface area (Å²) in [4.78, 5) is 17.4. The molecule has 4 aromatic carbocycles. The second kappa shape index (κ2) is 10.7. The van der Waals surface area contributed by atoms with E-state index < -0.39 is 0 Å². The maximum Gasteiger partial charge on any atom is 0.264 e. The number of rotatable bonds is 5. The van der Waals surface area contributed by atoms with Gasteiger partial charge < -0.3 is 10.1 Å². The number of halogens is 3. The van der Waals surface area contributed by atoms with E-state index in [-0.39, 0.29) is 11.7 Å². The number of nitrogens with zero attached hydrogens (tertiary/aromatic N) is 1. The Labute approximate surface area is 233 Å². The number of amides is 1. The van der Waals surface area contributed by atoms with Gasteiger partial charge in [0, 0.05) is 0 Å². The topological polar surface area (TPSA) is 50.7 Å². The number of hydrogen-bond donors (Lipinski definition) is 1. The van der Waals surface area contributed by atoms with Crippen LogP contribution in [0.3, 0.4) is 0 Å². The molecule has 0 saturated carbocycles.